The average Bonchev–Trinajstić information content (AvgIpc) is 2.26. The lowest BCUT2D eigenvalue weighted by atomic mass is 10.2. The standard InChI is InChI=1S/C10H15FO3Si/c1-12-15(13-2,14-3)8-9-5-4-6-10(11)7-9/h4-7H,8H2,1-3H3. The molecule has 0 spiro atoms. The van der Waals surface area contributed by atoms with Crippen molar-refractivity contribution >= 4 is 8.80 Å². The van der Waals surface area contributed by atoms with E-state index in [4.69, 9.17) is 13.3 Å². The van der Waals surface area contributed by atoms with Crippen LogP contribution in [0.3, 0.4) is 0 Å². The molecule has 0 unspecified atom stereocenters. The highest BCUT2D eigenvalue weighted by Gasteiger charge is 2.37. The van der Waals surface area contributed by atoms with Crippen LogP contribution in [0.5, 0.6) is 0 Å². The number of halogens is 1. The molecule has 1 aromatic rings. The van der Waals surface area contributed by atoms with E-state index in [0.29, 0.717) is 6.04 Å². The molecule has 0 saturated heterocycles. The maximum Gasteiger partial charge on any atom is 0.504 e. The van der Waals surface area contributed by atoms with Crippen LogP contribution >= 0.6 is 0 Å². The second-order valence-electron chi connectivity index (χ2n) is 3.10. The zero-order valence-electron chi connectivity index (χ0n) is 9.12. The fourth-order valence-electron chi connectivity index (χ4n) is 1.36. The molecule has 5 heteroatoms. The van der Waals surface area contributed by atoms with Gasteiger partial charge < -0.3 is 13.3 Å². The van der Waals surface area contributed by atoms with E-state index in [2.05, 4.69) is 0 Å². The Morgan fingerprint density at radius 3 is 2.20 bits per heavy atom. The second kappa shape index (κ2) is 5.36. The van der Waals surface area contributed by atoms with Crippen LogP contribution < -0.4 is 0 Å². The normalized spacial score (nSPS) is 11.7. The highest BCUT2D eigenvalue weighted by Crippen LogP contribution is 2.15. The van der Waals surface area contributed by atoms with Crippen LogP contribution in [0, 0.1) is 5.82 Å². The number of rotatable bonds is 5. The molecule has 1 aromatic carbocycles. The van der Waals surface area contributed by atoms with E-state index in [-0.39, 0.29) is 5.82 Å². The minimum atomic E-state index is -2.65. The summed E-state index contributed by atoms with van der Waals surface area (Å²) < 4.78 is 28.7. The van der Waals surface area contributed by atoms with Crippen molar-refractivity contribution in [3.8, 4) is 0 Å². The van der Waals surface area contributed by atoms with Crippen molar-refractivity contribution in [1.82, 2.24) is 0 Å². The van der Waals surface area contributed by atoms with Gasteiger partial charge in [0.05, 0.1) is 0 Å². The van der Waals surface area contributed by atoms with Gasteiger partial charge in [-0.2, -0.15) is 0 Å². The molecule has 0 aliphatic carbocycles. The molecule has 0 fully saturated rings. The van der Waals surface area contributed by atoms with Gasteiger partial charge in [0, 0.05) is 27.4 Å². The average molecular weight is 230 g/mol. The van der Waals surface area contributed by atoms with E-state index in [1.54, 1.807) is 27.4 Å². The summed E-state index contributed by atoms with van der Waals surface area (Å²) in [6.45, 7) is 0. The summed E-state index contributed by atoms with van der Waals surface area (Å²) in [4.78, 5) is 0. The zero-order valence-corrected chi connectivity index (χ0v) is 10.1. The molecule has 0 aliphatic rings. The molecule has 15 heavy (non-hydrogen) atoms. The Balaban J connectivity index is 2.82. The van der Waals surface area contributed by atoms with Gasteiger partial charge in [-0.3, -0.25) is 0 Å². The Morgan fingerprint density at radius 1 is 1.13 bits per heavy atom. The van der Waals surface area contributed by atoms with Gasteiger partial charge in [-0.15, -0.1) is 0 Å². The van der Waals surface area contributed by atoms with Crippen LogP contribution in [0.25, 0.3) is 0 Å². The SMILES string of the molecule is CO[Si](Cc1cccc(F)c1)(OC)OC. The van der Waals surface area contributed by atoms with E-state index < -0.39 is 8.80 Å². The van der Waals surface area contributed by atoms with Gasteiger partial charge in [0.2, 0.25) is 0 Å². The van der Waals surface area contributed by atoms with Crippen molar-refractivity contribution in [1.29, 1.82) is 0 Å². The van der Waals surface area contributed by atoms with Crippen LogP contribution in [0.1, 0.15) is 5.56 Å². The molecule has 0 radical (unpaired) electrons. The number of hydrogen-bond donors (Lipinski definition) is 0. The van der Waals surface area contributed by atoms with Gasteiger partial charge in [-0.25, -0.2) is 4.39 Å². The quantitative estimate of drug-likeness (QED) is 0.722. The van der Waals surface area contributed by atoms with E-state index in [0.717, 1.165) is 5.56 Å². The molecule has 0 saturated carbocycles. The molecule has 0 atom stereocenters. The van der Waals surface area contributed by atoms with Crippen LogP contribution in [-0.2, 0) is 19.3 Å². The fraction of sp³-hybridized carbons (Fsp3) is 0.400. The number of hydrogen-bond acceptors (Lipinski definition) is 3. The van der Waals surface area contributed by atoms with Gasteiger partial charge in [0.1, 0.15) is 5.82 Å². The van der Waals surface area contributed by atoms with Crippen LogP contribution in [0.4, 0.5) is 4.39 Å². The minimum absolute atomic E-state index is 0.265. The maximum atomic E-state index is 12.9. The molecule has 0 N–H and O–H groups in total. The first-order valence-corrected chi connectivity index (χ1v) is 6.49. The monoisotopic (exact) mass is 230 g/mol. The van der Waals surface area contributed by atoms with Crippen molar-refractivity contribution in [2.24, 2.45) is 0 Å². The molecular formula is C10H15FO3Si. The van der Waals surface area contributed by atoms with Gasteiger partial charge >= 0.3 is 8.80 Å². The molecule has 3 nitrogen and oxygen atoms in total. The summed E-state index contributed by atoms with van der Waals surface area (Å²) in [5, 5.41) is 0. The molecule has 0 aromatic heterocycles. The predicted molar refractivity (Wildman–Crippen MR) is 56.9 cm³/mol. The zero-order chi connectivity index (χ0) is 11.3. The Hall–Kier alpha value is -0.753. The molecule has 1 rings (SSSR count). The first kappa shape index (κ1) is 12.3. The lowest BCUT2D eigenvalue weighted by Gasteiger charge is -2.24. The molecule has 84 valence electrons. The van der Waals surface area contributed by atoms with E-state index in [1.165, 1.54) is 12.1 Å². The third-order valence-electron chi connectivity index (χ3n) is 2.24. The van der Waals surface area contributed by atoms with Crippen molar-refractivity contribution in [3.05, 3.63) is 35.6 Å². The molecule has 0 bridgehead atoms. The topological polar surface area (TPSA) is 27.7 Å². The van der Waals surface area contributed by atoms with E-state index >= 15 is 0 Å². The maximum absolute atomic E-state index is 12.9. The molecule has 0 amide bonds. The van der Waals surface area contributed by atoms with Crippen LogP contribution in [-0.4, -0.2) is 30.1 Å². The summed E-state index contributed by atoms with van der Waals surface area (Å²) in [6.07, 6.45) is 0. The Morgan fingerprint density at radius 2 is 1.73 bits per heavy atom. The summed E-state index contributed by atoms with van der Waals surface area (Å²) in [7, 11) is 1.97. The highest BCUT2D eigenvalue weighted by atomic mass is 28.4. The molecular weight excluding hydrogens is 215 g/mol. The van der Waals surface area contributed by atoms with Gasteiger partial charge in [0.25, 0.3) is 0 Å². The largest absolute Gasteiger partial charge is 0.504 e. The third kappa shape index (κ3) is 3.10. The van der Waals surface area contributed by atoms with Crippen molar-refractivity contribution < 1.29 is 17.7 Å². The third-order valence-corrected chi connectivity index (χ3v) is 4.95. The molecule has 0 aliphatic heterocycles. The minimum Gasteiger partial charge on any atom is -0.377 e. The van der Waals surface area contributed by atoms with Gasteiger partial charge in [-0.1, -0.05) is 12.1 Å². The summed E-state index contributed by atoms with van der Waals surface area (Å²) in [5.41, 5.74) is 0.812. The first-order chi connectivity index (χ1) is 7.15. The van der Waals surface area contributed by atoms with Crippen molar-refractivity contribution in [2.75, 3.05) is 21.3 Å². The van der Waals surface area contributed by atoms with E-state index in [9.17, 15) is 4.39 Å². The fourth-order valence-corrected chi connectivity index (χ4v) is 3.02. The lowest BCUT2D eigenvalue weighted by molar-refractivity contribution is 0.122. The Labute approximate surface area is 90.1 Å². The summed E-state index contributed by atoms with van der Waals surface area (Å²) in [6, 6.07) is 6.80. The number of benzene rings is 1. The van der Waals surface area contributed by atoms with Crippen LogP contribution in [0.2, 0.25) is 0 Å². The van der Waals surface area contributed by atoms with Gasteiger partial charge in [0.15, 0.2) is 0 Å². The van der Waals surface area contributed by atoms with Gasteiger partial charge in [-0.05, 0) is 17.7 Å². The Bertz CT molecular complexity index is 307. The highest BCUT2D eigenvalue weighted by molar-refractivity contribution is 6.60. The first-order valence-electron chi connectivity index (χ1n) is 4.55. The Kier molecular flexibility index (Phi) is 4.40. The van der Waals surface area contributed by atoms with Crippen molar-refractivity contribution in [3.63, 3.8) is 0 Å². The van der Waals surface area contributed by atoms with Crippen LogP contribution in [0.15, 0.2) is 24.3 Å². The second-order valence-corrected chi connectivity index (χ2v) is 6.05. The summed E-state index contributed by atoms with van der Waals surface area (Å²) >= 11 is 0. The predicted octanol–water partition coefficient (Wildman–Crippen LogP) is 1.79. The molecule has 0 heterocycles. The smallest absolute Gasteiger partial charge is 0.377 e. The van der Waals surface area contributed by atoms with Crippen molar-refractivity contribution in [2.45, 2.75) is 6.04 Å². The van der Waals surface area contributed by atoms with E-state index in [1.807, 2.05) is 6.07 Å². The summed E-state index contributed by atoms with van der Waals surface area (Å²) in [5.74, 6) is -0.265. The lowest BCUT2D eigenvalue weighted by Crippen LogP contribution is -2.45.